The summed E-state index contributed by atoms with van der Waals surface area (Å²) in [6, 6.07) is 6.38. The topological polar surface area (TPSA) is 3.24 Å². The van der Waals surface area contributed by atoms with Crippen molar-refractivity contribution in [1.82, 2.24) is 0 Å². The van der Waals surface area contributed by atoms with Gasteiger partial charge in [-0.15, -0.1) is 11.6 Å². The van der Waals surface area contributed by atoms with Crippen molar-refractivity contribution in [2.24, 2.45) is 0 Å². The molecule has 0 atom stereocenters. The normalized spacial score (nSPS) is 10.3. The van der Waals surface area contributed by atoms with Gasteiger partial charge >= 0.3 is 0 Å². The Labute approximate surface area is 99.2 Å². The largest absolute Gasteiger partial charge is 0.375 e. The van der Waals surface area contributed by atoms with Crippen LogP contribution in [-0.4, -0.2) is 19.5 Å². The van der Waals surface area contributed by atoms with Gasteiger partial charge in [0.05, 0.1) is 0 Å². The van der Waals surface area contributed by atoms with Crippen LogP contribution in [0.2, 0.25) is 0 Å². The molecule has 0 heterocycles. The van der Waals surface area contributed by atoms with Crippen LogP contribution in [0.25, 0.3) is 0 Å². The smallest absolute Gasteiger partial charge is 0.0367 e. The van der Waals surface area contributed by atoms with E-state index in [1.165, 1.54) is 11.3 Å². The highest BCUT2D eigenvalue weighted by molar-refractivity contribution is 9.10. The Morgan fingerprint density at radius 2 is 2.14 bits per heavy atom. The molecule has 0 amide bonds. The zero-order valence-corrected chi connectivity index (χ0v) is 10.9. The van der Waals surface area contributed by atoms with E-state index in [-0.39, 0.29) is 0 Å². The molecule has 0 N–H and O–H groups in total. The van der Waals surface area contributed by atoms with Crippen molar-refractivity contribution in [3.63, 3.8) is 0 Å². The van der Waals surface area contributed by atoms with Crippen molar-refractivity contribution in [2.75, 3.05) is 24.4 Å². The van der Waals surface area contributed by atoms with Gasteiger partial charge in [0.1, 0.15) is 0 Å². The van der Waals surface area contributed by atoms with Gasteiger partial charge in [0.25, 0.3) is 0 Å². The number of aryl methyl sites for hydroxylation is 1. The molecule has 0 fully saturated rings. The molecule has 0 saturated carbocycles. The summed E-state index contributed by atoms with van der Waals surface area (Å²) in [5, 5.41) is 0. The van der Waals surface area contributed by atoms with Crippen LogP contribution >= 0.6 is 27.5 Å². The molecule has 0 unspecified atom stereocenters. The van der Waals surface area contributed by atoms with Gasteiger partial charge in [-0.05, 0) is 37.1 Å². The lowest BCUT2D eigenvalue weighted by atomic mass is 10.2. The van der Waals surface area contributed by atoms with Gasteiger partial charge < -0.3 is 4.90 Å². The maximum atomic E-state index is 5.66. The lowest BCUT2D eigenvalue weighted by Gasteiger charge is -2.19. The highest BCUT2D eigenvalue weighted by Gasteiger charge is 2.01. The van der Waals surface area contributed by atoms with Crippen LogP contribution in [-0.2, 0) is 0 Å². The standard InChI is InChI=1S/C11H15BrClN/c1-9-8-10(4-5-11(9)12)14(2)7-3-6-13/h4-5,8H,3,6-7H2,1-2H3. The van der Waals surface area contributed by atoms with Crippen LogP contribution < -0.4 is 4.90 Å². The van der Waals surface area contributed by atoms with Crippen molar-refractivity contribution in [3.05, 3.63) is 28.2 Å². The number of alkyl halides is 1. The predicted molar refractivity (Wildman–Crippen MR) is 67.5 cm³/mol. The third-order valence-corrected chi connectivity index (χ3v) is 3.37. The van der Waals surface area contributed by atoms with E-state index in [2.05, 4.69) is 53.0 Å². The van der Waals surface area contributed by atoms with E-state index in [1.54, 1.807) is 0 Å². The summed E-state index contributed by atoms with van der Waals surface area (Å²) in [6.45, 7) is 3.10. The molecule has 1 rings (SSSR count). The van der Waals surface area contributed by atoms with Gasteiger partial charge in [-0.25, -0.2) is 0 Å². The fourth-order valence-corrected chi connectivity index (χ4v) is 1.66. The Bertz CT molecular complexity index is 301. The first kappa shape index (κ1) is 11.9. The first-order valence-corrected chi connectivity index (χ1v) is 6.01. The van der Waals surface area contributed by atoms with Gasteiger partial charge in [-0.1, -0.05) is 15.9 Å². The van der Waals surface area contributed by atoms with Gasteiger partial charge in [-0.2, -0.15) is 0 Å². The Balaban J connectivity index is 2.70. The summed E-state index contributed by atoms with van der Waals surface area (Å²) >= 11 is 9.15. The molecule has 0 aliphatic heterocycles. The molecule has 1 nitrogen and oxygen atoms in total. The number of benzene rings is 1. The Morgan fingerprint density at radius 3 is 2.71 bits per heavy atom. The molecule has 0 saturated heterocycles. The van der Waals surface area contributed by atoms with E-state index in [0.717, 1.165) is 23.3 Å². The molecule has 78 valence electrons. The van der Waals surface area contributed by atoms with Crippen LogP contribution in [0.3, 0.4) is 0 Å². The van der Waals surface area contributed by atoms with E-state index in [1.807, 2.05) is 0 Å². The van der Waals surface area contributed by atoms with Crippen LogP contribution in [0.4, 0.5) is 5.69 Å². The Morgan fingerprint density at radius 1 is 1.43 bits per heavy atom. The molecule has 0 aliphatic carbocycles. The van der Waals surface area contributed by atoms with E-state index >= 15 is 0 Å². The van der Waals surface area contributed by atoms with Crippen molar-refractivity contribution in [2.45, 2.75) is 13.3 Å². The lowest BCUT2D eigenvalue weighted by Crippen LogP contribution is -2.18. The van der Waals surface area contributed by atoms with Gasteiger partial charge in [0.2, 0.25) is 0 Å². The molecular formula is C11H15BrClN. The molecule has 14 heavy (non-hydrogen) atoms. The molecular weight excluding hydrogens is 261 g/mol. The number of nitrogens with zero attached hydrogens (tertiary/aromatic N) is 1. The first-order chi connectivity index (χ1) is 6.65. The van der Waals surface area contributed by atoms with Crippen molar-refractivity contribution >= 4 is 33.2 Å². The maximum absolute atomic E-state index is 5.66. The Kier molecular flexibility index (Phi) is 4.76. The number of rotatable bonds is 4. The fraction of sp³-hybridized carbons (Fsp3) is 0.455. The summed E-state index contributed by atoms with van der Waals surface area (Å²) in [5.74, 6) is 0.722. The highest BCUT2D eigenvalue weighted by atomic mass is 79.9. The summed E-state index contributed by atoms with van der Waals surface area (Å²) in [7, 11) is 2.09. The minimum Gasteiger partial charge on any atom is -0.375 e. The molecule has 1 aromatic rings. The Hall–Kier alpha value is -0.210. The average molecular weight is 277 g/mol. The third-order valence-electron chi connectivity index (χ3n) is 2.21. The zero-order chi connectivity index (χ0) is 10.6. The minimum atomic E-state index is 0.722. The second-order valence-electron chi connectivity index (χ2n) is 3.40. The van der Waals surface area contributed by atoms with E-state index in [0.29, 0.717) is 0 Å². The molecule has 1 aromatic carbocycles. The van der Waals surface area contributed by atoms with Crippen LogP contribution in [0, 0.1) is 6.92 Å². The SMILES string of the molecule is Cc1cc(N(C)CCCCl)ccc1Br. The second kappa shape index (κ2) is 5.62. The fourth-order valence-electron chi connectivity index (χ4n) is 1.29. The van der Waals surface area contributed by atoms with E-state index in [9.17, 15) is 0 Å². The van der Waals surface area contributed by atoms with Gasteiger partial charge in [-0.3, -0.25) is 0 Å². The molecule has 3 heteroatoms. The third kappa shape index (κ3) is 3.18. The minimum absolute atomic E-state index is 0.722. The predicted octanol–water partition coefficient (Wildman–Crippen LogP) is 3.82. The highest BCUT2D eigenvalue weighted by Crippen LogP contribution is 2.22. The summed E-state index contributed by atoms with van der Waals surface area (Å²) in [5.41, 5.74) is 2.51. The van der Waals surface area contributed by atoms with E-state index < -0.39 is 0 Å². The number of hydrogen-bond donors (Lipinski definition) is 0. The molecule has 0 spiro atoms. The monoisotopic (exact) mass is 275 g/mol. The van der Waals surface area contributed by atoms with Gasteiger partial charge in [0, 0.05) is 29.6 Å². The summed E-state index contributed by atoms with van der Waals surface area (Å²) in [6.07, 6.45) is 1.02. The summed E-state index contributed by atoms with van der Waals surface area (Å²) < 4.78 is 1.16. The summed E-state index contributed by atoms with van der Waals surface area (Å²) in [4.78, 5) is 2.22. The molecule has 0 aromatic heterocycles. The van der Waals surface area contributed by atoms with Crippen molar-refractivity contribution in [3.8, 4) is 0 Å². The lowest BCUT2D eigenvalue weighted by molar-refractivity contribution is 0.856. The average Bonchev–Trinajstić information content (AvgIpc) is 2.18. The number of anilines is 1. The zero-order valence-electron chi connectivity index (χ0n) is 8.56. The number of hydrogen-bond acceptors (Lipinski definition) is 1. The first-order valence-electron chi connectivity index (χ1n) is 4.68. The number of halogens is 2. The van der Waals surface area contributed by atoms with Crippen LogP contribution in [0.15, 0.2) is 22.7 Å². The van der Waals surface area contributed by atoms with Crippen LogP contribution in [0.1, 0.15) is 12.0 Å². The van der Waals surface area contributed by atoms with Crippen molar-refractivity contribution < 1.29 is 0 Å². The molecule has 0 radical (unpaired) electrons. The van der Waals surface area contributed by atoms with Crippen molar-refractivity contribution in [1.29, 1.82) is 0 Å². The second-order valence-corrected chi connectivity index (χ2v) is 4.63. The molecule has 0 aliphatic rings. The van der Waals surface area contributed by atoms with Gasteiger partial charge in [0.15, 0.2) is 0 Å². The maximum Gasteiger partial charge on any atom is 0.0367 e. The van der Waals surface area contributed by atoms with E-state index in [4.69, 9.17) is 11.6 Å². The quantitative estimate of drug-likeness (QED) is 0.756. The van der Waals surface area contributed by atoms with Crippen LogP contribution in [0.5, 0.6) is 0 Å². The molecule has 0 bridgehead atoms.